The highest BCUT2D eigenvalue weighted by molar-refractivity contribution is 5.89. The van der Waals surface area contributed by atoms with E-state index in [1.807, 2.05) is 18.5 Å². The van der Waals surface area contributed by atoms with Gasteiger partial charge in [0.15, 0.2) is 0 Å². The molecule has 1 saturated carbocycles. The molecule has 1 aliphatic carbocycles. The van der Waals surface area contributed by atoms with Crippen molar-refractivity contribution in [3.8, 4) is 11.3 Å². The van der Waals surface area contributed by atoms with Gasteiger partial charge in [0.25, 0.3) is 0 Å². The summed E-state index contributed by atoms with van der Waals surface area (Å²) in [5.74, 6) is -0.591. The second kappa shape index (κ2) is 4.98. The second-order valence-corrected chi connectivity index (χ2v) is 5.57. The lowest BCUT2D eigenvalue weighted by atomic mass is 10.0. The van der Waals surface area contributed by atoms with E-state index in [1.165, 1.54) is 0 Å². The summed E-state index contributed by atoms with van der Waals surface area (Å²) in [4.78, 5) is 16.0. The first-order valence-corrected chi connectivity index (χ1v) is 7.31. The smallest absolute Gasteiger partial charge is 0.337 e. The van der Waals surface area contributed by atoms with Gasteiger partial charge in [-0.2, -0.15) is 5.10 Å². The molecule has 0 bridgehead atoms. The maximum Gasteiger partial charge on any atom is 0.337 e. The molecule has 3 rings (SSSR count). The largest absolute Gasteiger partial charge is 0.478 e. The van der Waals surface area contributed by atoms with Crippen molar-refractivity contribution in [2.75, 3.05) is 0 Å². The Labute approximate surface area is 123 Å². The van der Waals surface area contributed by atoms with Crippen molar-refractivity contribution in [1.29, 1.82) is 0 Å². The Balaban J connectivity index is 2.13. The van der Waals surface area contributed by atoms with Crippen LogP contribution in [0.3, 0.4) is 0 Å². The number of pyridine rings is 1. The van der Waals surface area contributed by atoms with Gasteiger partial charge in [-0.05, 0) is 45.7 Å². The summed E-state index contributed by atoms with van der Waals surface area (Å²) in [5, 5.41) is 13.8. The number of aryl methyl sites for hydroxylation is 2. The van der Waals surface area contributed by atoms with Crippen molar-refractivity contribution in [3.05, 3.63) is 34.8 Å². The summed E-state index contributed by atoms with van der Waals surface area (Å²) < 4.78 is 1.95. The zero-order valence-corrected chi connectivity index (χ0v) is 12.6. The maximum absolute atomic E-state index is 11.3. The number of nitrogens with zero attached hydrogens (tertiary/aromatic N) is 3. The summed E-state index contributed by atoms with van der Waals surface area (Å²) in [6.45, 7) is 6.87. The summed E-state index contributed by atoms with van der Waals surface area (Å²) in [7, 11) is 0. The van der Waals surface area contributed by atoms with E-state index >= 15 is 0 Å². The first-order valence-electron chi connectivity index (χ1n) is 7.31. The zero-order valence-electron chi connectivity index (χ0n) is 12.6. The molecule has 0 aromatic carbocycles. The van der Waals surface area contributed by atoms with Crippen molar-refractivity contribution in [1.82, 2.24) is 14.8 Å². The maximum atomic E-state index is 11.3. The molecule has 110 valence electrons. The molecule has 2 aromatic heterocycles. The molecule has 0 amide bonds. The van der Waals surface area contributed by atoms with Crippen molar-refractivity contribution in [3.63, 3.8) is 0 Å². The molecule has 21 heavy (non-hydrogen) atoms. The van der Waals surface area contributed by atoms with E-state index in [4.69, 9.17) is 0 Å². The third-order valence-corrected chi connectivity index (χ3v) is 4.06. The lowest BCUT2D eigenvalue weighted by Crippen LogP contribution is -2.05. The molecule has 5 nitrogen and oxygen atoms in total. The fourth-order valence-electron chi connectivity index (χ4n) is 2.84. The van der Waals surface area contributed by atoms with Gasteiger partial charge in [0, 0.05) is 23.7 Å². The summed E-state index contributed by atoms with van der Waals surface area (Å²) in [6, 6.07) is 3.48. The first-order chi connectivity index (χ1) is 10.0. The van der Waals surface area contributed by atoms with Crippen LogP contribution in [0.1, 0.15) is 53.1 Å². The van der Waals surface area contributed by atoms with Gasteiger partial charge < -0.3 is 5.11 Å². The van der Waals surface area contributed by atoms with Gasteiger partial charge >= 0.3 is 5.97 Å². The SMILES string of the molecule is CCn1nc(C)c(-c2ccc(C(=O)O)c(C3CC3)n2)c1C. The highest BCUT2D eigenvalue weighted by atomic mass is 16.4. The third kappa shape index (κ3) is 2.33. The average Bonchev–Trinajstić information content (AvgIpc) is 3.25. The predicted molar refractivity (Wildman–Crippen MR) is 79.5 cm³/mol. The number of aromatic nitrogens is 3. The van der Waals surface area contributed by atoms with Crippen molar-refractivity contribution < 1.29 is 9.90 Å². The standard InChI is InChI=1S/C16H19N3O2/c1-4-19-10(3)14(9(2)18-19)13-8-7-12(16(20)21)15(17-13)11-5-6-11/h7-8,11H,4-6H2,1-3H3,(H,20,21). The minimum Gasteiger partial charge on any atom is -0.478 e. The Morgan fingerprint density at radius 2 is 2.10 bits per heavy atom. The summed E-state index contributed by atoms with van der Waals surface area (Å²) in [5.41, 5.74) is 4.92. The fourth-order valence-corrected chi connectivity index (χ4v) is 2.84. The minimum absolute atomic E-state index is 0.304. The lowest BCUT2D eigenvalue weighted by molar-refractivity contribution is 0.0695. The molecule has 2 heterocycles. The summed E-state index contributed by atoms with van der Waals surface area (Å²) in [6.07, 6.45) is 2.06. The number of hydrogen-bond acceptors (Lipinski definition) is 3. The first kappa shape index (κ1) is 13.8. The van der Waals surface area contributed by atoms with Crippen LogP contribution < -0.4 is 0 Å². The highest BCUT2D eigenvalue weighted by Crippen LogP contribution is 2.41. The molecule has 1 N–H and O–H groups in total. The van der Waals surface area contributed by atoms with Crippen molar-refractivity contribution in [2.24, 2.45) is 0 Å². The van der Waals surface area contributed by atoms with E-state index in [0.717, 1.165) is 47.7 Å². The van der Waals surface area contributed by atoms with Crippen LogP contribution in [0.25, 0.3) is 11.3 Å². The van der Waals surface area contributed by atoms with E-state index < -0.39 is 5.97 Å². The third-order valence-electron chi connectivity index (χ3n) is 4.06. The number of carbonyl (C=O) groups is 1. The number of hydrogen-bond donors (Lipinski definition) is 1. The van der Waals surface area contributed by atoms with Crippen LogP contribution in [-0.4, -0.2) is 25.8 Å². The number of carboxylic acids is 1. The van der Waals surface area contributed by atoms with Gasteiger partial charge in [-0.1, -0.05) is 0 Å². The molecule has 5 heteroatoms. The van der Waals surface area contributed by atoms with Gasteiger partial charge in [0.2, 0.25) is 0 Å². The Morgan fingerprint density at radius 3 is 2.62 bits per heavy atom. The molecule has 1 fully saturated rings. The van der Waals surface area contributed by atoms with E-state index in [2.05, 4.69) is 17.0 Å². The molecule has 0 unspecified atom stereocenters. The molecule has 2 aromatic rings. The molecule has 0 aliphatic heterocycles. The van der Waals surface area contributed by atoms with Crippen LogP contribution in [-0.2, 0) is 6.54 Å². The van der Waals surface area contributed by atoms with Gasteiger partial charge in [-0.15, -0.1) is 0 Å². The van der Waals surface area contributed by atoms with E-state index in [1.54, 1.807) is 12.1 Å². The topological polar surface area (TPSA) is 68.0 Å². The van der Waals surface area contributed by atoms with Gasteiger partial charge in [0.05, 0.1) is 22.6 Å². The highest BCUT2D eigenvalue weighted by Gasteiger charge is 2.30. The number of carboxylic acid groups (broad SMARTS) is 1. The minimum atomic E-state index is -0.895. The fraction of sp³-hybridized carbons (Fsp3) is 0.438. The van der Waals surface area contributed by atoms with Crippen LogP contribution in [0.15, 0.2) is 12.1 Å². The molecule has 1 aliphatic rings. The van der Waals surface area contributed by atoms with Crippen LogP contribution in [0, 0.1) is 13.8 Å². The van der Waals surface area contributed by atoms with Crippen molar-refractivity contribution in [2.45, 2.75) is 46.1 Å². The molecule has 0 spiro atoms. The Hall–Kier alpha value is -2.17. The van der Waals surface area contributed by atoms with Crippen LogP contribution in [0.4, 0.5) is 0 Å². The molecule has 0 atom stereocenters. The average molecular weight is 285 g/mol. The number of rotatable bonds is 4. The Bertz CT molecular complexity index is 715. The van der Waals surface area contributed by atoms with Crippen LogP contribution in [0.5, 0.6) is 0 Å². The van der Waals surface area contributed by atoms with Gasteiger partial charge in [-0.3, -0.25) is 9.67 Å². The van der Waals surface area contributed by atoms with Crippen LogP contribution >= 0.6 is 0 Å². The number of aromatic carboxylic acids is 1. The summed E-state index contributed by atoms with van der Waals surface area (Å²) >= 11 is 0. The quantitative estimate of drug-likeness (QED) is 0.937. The molecule has 0 radical (unpaired) electrons. The van der Waals surface area contributed by atoms with E-state index in [0.29, 0.717) is 11.5 Å². The van der Waals surface area contributed by atoms with Gasteiger partial charge in [-0.25, -0.2) is 4.79 Å². The Kier molecular flexibility index (Phi) is 3.27. The second-order valence-electron chi connectivity index (χ2n) is 5.57. The van der Waals surface area contributed by atoms with Crippen LogP contribution in [0.2, 0.25) is 0 Å². The normalized spacial score (nSPS) is 14.4. The molecule has 0 saturated heterocycles. The zero-order chi connectivity index (χ0) is 15.1. The predicted octanol–water partition coefficient (Wildman–Crippen LogP) is 3.16. The van der Waals surface area contributed by atoms with Crippen molar-refractivity contribution >= 4 is 5.97 Å². The van der Waals surface area contributed by atoms with E-state index in [9.17, 15) is 9.90 Å². The monoisotopic (exact) mass is 285 g/mol. The lowest BCUT2D eigenvalue weighted by Gasteiger charge is -2.08. The van der Waals surface area contributed by atoms with Gasteiger partial charge in [0.1, 0.15) is 0 Å². The molecular formula is C16H19N3O2. The van der Waals surface area contributed by atoms with E-state index in [-0.39, 0.29) is 0 Å². The Morgan fingerprint density at radius 1 is 1.38 bits per heavy atom. The molecular weight excluding hydrogens is 266 g/mol.